The maximum atomic E-state index is 11.9. The summed E-state index contributed by atoms with van der Waals surface area (Å²) >= 11 is 9.30. The first-order valence-electron chi connectivity index (χ1n) is 7.88. The van der Waals surface area contributed by atoms with E-state index in [-0.39, 0.29) is 12.2 Å². The average molecular weight is 442 g/mol. The van der Waals surface area contributed by atoms with Crippen molar-refractivity contribution in [1.29, 1.82) is 0 Å². The highest BCUT2D eigenvalue weighted by molar-refractivity contribution is 9.10. The van der Waals surface area contributed by atoms with Crippen molar-refractivity contribution in [3.05, 3.63) is 51.5 Å². The summed E-state index contributed by atoms with van der Waals surface area (Å²) in [6.07, 6.45) is 0.644. The molecule has 0 spiro atoms. The molecule has 2 aromatic rings. The van der Waals surface area contributed by atoms with Crippen molar-refractivity contribution >= 4 is 39.3 Å². The lowest BCUT2D eigenvalue weighted by Gasteiger charge is -2.11. The van der Waals surface area contributed by atoms with Crippen molar-refractivity contribution in [2.75, 3.05) is 13.7 Å². The van der Waals surface area contributed by atoms with Crippen LogP contribution in [-0.2, 0) is 4.79 Å². The quantitative estimate of drug-likeness (QED) is 0.247. The number of carbonyl (C=O) groups excluding carboxylic acids is 2. The predicted octanol–water partition coefficient (Wildman–Crippen LogP) is 5.08. The van der Waals surface area contributed by atoms with E-state index in [0.29, 0.717) is 40.9 Å². The maximum Gasteiger partial charge on any atom is 0.311 e. The molecular formula is C19H18BrClO5. The smallest absolute Gasteiger partial charge is 0.311 e. The molecular weight excluding hydrogens is 424 g/mol. The van der Waals surface area contributed by atoms with Crippen LogP contribution in [0.25, 0.3) is 0 Å². The van der Waals surface area contributed by atoms with E-state index in [4.69, 9.17) is 25.8 Å². The number of halogens is 2. The number of carbonyl (C=O) groups is 2. The Morgan fingerprint density at radius 2 is 1.81 bits per heavy atom. The molecule has 26 heavy (non-hydrogen) atoms. The van der Waals surface area contributed by atoms with E-state index >= 15 is 0 Å². The summed E-state index contributed by atoms with van der Waals surface area (Å²) < 4.78 is 16.9. The van der Waals surface area contributed by atoms with Crippen molar-refractivity contribution in [3.63, 3.8) is 0 Å². The van der Waals surface area contributed by atoms with Gasteiger partial charge in [-0.1, -0.05) is 27.5 Å². The topological polar surface area (TPSA) is 61.8 Å². The van der Waals surface area contributed by atoms with Crippen molar-refractivity contribution in [2.24, 2.45) is 0 Å². The Labute approximate surface area is 165 Å². The minimum Gasteiger partial charge on any atom is -0.493 e. The highest BCUT2D eigenvalue weighted by atomic mass is 79.9. The third-order valence-electron chi connectivity index (χ3n) is 3.47. The molecule has 0 atom stereocenters. The summed E-state index contributed by atoms with van der Waals surface area (Å²) in [5.74, 6) is 0.868. The van der Waals surface area contributed by atoms with Crippen LogP contribution in [0.2, 0.25) is 5.02 Å². The van der Waals surface area contributed by atoms with Gasteiger partial charge in [-0.25, -0.2) is 0 Å². The number of hydrogen-bond donors (Lipinski definition) is 0. The molecule has 0 saturated heterocycles. The molecule has 0 bridgehead atoms. The third-order valence-corrected chi connectivity index (χ3v) is 4.26. The second-order valence-electron chi connectivity index (χ2n) is 5.42. The lowest BCUT2D eigenvalue weighted by molar-refractivity contribution is -0.134. The van der Waals surface area contributed by atoms with Crippen LogP contribution in [0.4, 0.5) is 0 Å². The van der Waals surface area contributed by atoms with Crippen LogP contribution >= 0.6 is 27.5 Å². The van der Waals surface area contributed by atoms with Gasteiger partial charge < -0.3 is 14.2 Å². The van der Waals surface area contributed by atoms with Gasteiger partial charge in [0.15, 0.2) is 17.3 Å². The molecule has 138 valence electrons. The number of benzene rings is 2. The summed E-state index contributed by atoms with van der Waals surface area (Å²) in [5, 5.41) is 0.360. The molecule has 0 aliphatic rings. The zero-order valence-corrected chi connectivity index (χ0v) is 16.7. The predicted molar refractivity (Wildman–Crippen MR) is 103 cm³/mol. The molecule has 0 N–H and O–H groups in total. The fourth-order valence-electron chi connectivity index (χ4n) is 2.14. The standard InChI is InChI=1S/C19H18BrClO5/c1-12(22)13-5-7-17(18(10-13)24-2)25-9-3-4-19(23)26-16-8-6-14(20)11-15(16)21/h5-8,10-11H,3-4,9H2,1-2H3. The van der Waals surface area contributed by atoms with E-state index < -0.39 is 5.97 Å². The fourth-order valence-corrected chi connectivity index (χ4v) is 2.85. The van der Waals surface area contributed by atoms with E-state index in [9.17, 15) is 9.59 Å². The van der Waals surface area contributed by atoms with Crippen molar-refractivity contribution in [3.8, 4) is 17.2 Å². The highest BCUT2D eigenvalue weighted by Crippen LogP contribution is 2.29. The summed E-state index contributed by atoms with van der Waals surface area (Å²) in [5.41, 5.74) is 0.546. The Balaban J connectivity index is 1.83. The first-order chi connectivity index (χ1) is 12.4. The molecule has 0 amide bonds. The maximum absolute atomic E-state index is 11.9. The van der Waals surface area contributed by atoms with E-state index in [1.165, 1.54) is 14.0 Å². The van der Waals surface area contributed by atoms with Gasteiger partial charge in [0.25, 0.3) is 0 Å². The molecule has 0 aromatic heterocycles. The van der Waals surface area contributed by atoms with Gasteiger partial charge in [-0.3, -0.25) is 9.59 Å². The van der Waals surface area contributed by atoms with Crippen molar-refractivity contribution < 1.29 is 23.8 Å². The van der Waals surface area contributed by atoms with E-state index in [0.717, 1.165) is 4.47 Å². The van der Waals surface area contributed by atoms with Crippen molar-refractivity contribution in [1.82, 2.24) is 0 Å². The minimum absolute atomic E-state index is 0.0517. The summed E-state index contributed by atoms with van der Waals surface area (Å²) in [7, 11) is 1.51. The summed E-state index contributed by atoms with van der Waals surface area (Å²) in [6.45, 7) is 1.79. The first-order valence-corrected chi connectivity index (χ1v) is 9.05. The van der Waals surface area contributed by atoms with Crippen LogP contribution < -0.4 is 14.2 Å². The lowest BCUT2D eigenvalue weighted by atomic mass is 10.1. The van der Waals surface area contributed by atoms with Gasteiger partial charge in [-0.15, -0.1) is 0 Å². The zero-order valence-electron chi connectivity index (χ0n) is 14.4. The van der Waals surface area contributed by atoms with Crippen LogP contribution in [0.5, 0.6) is 17.2 Å². The van der Waals surface area contributed by atoms with Gasteiger partial charge in [0, 0.05) is 16.5 Å². The van der Waals surface area contributed by atoms with Gasteiger partial charge in [0.2, 0.25) is 0 Å². The fraction of sp³-hybridized carbons (Fsp3) is 0.263. The van der Waals surface area contributed by atoms with Gasteiger partial charge >= 0.3 is 5.97 Å². The Morgan fingerprint density at radius 1 is 1.08 bits per heavy atom. The zero-order chi connectivity index (χ0) is 19.1. The van der Waals surface area contributed by atoms with Crippen LogP contribution in [-0.4, -0.2) is 25.5 Å². The molecule has 0 saturated carbocycles. The number of Topliss-reactive ketones (excluding diaryl/α,β-unsaturated/α-hetero) is 1. The molecule has 0 radical (unpaired) electrons. The van der Waals surface area contributed by atoms with E-state index in [1.807, 2.05) is 0 Å². The second kappa shape index (κ2) is 9.59. The number of rotatable bonds is 8. The first kappa shape index (κ1) is 20.3. The molecule has 0 unspecified atom stereocenters. The number of hydrogen-bond acceptors (Lipinski definition) is 5. The second-order valence-corrected chi connectivity index (χ2v) is 6.75. The number of esters is 1. The number of ether oxygens (including phenoxy) is 3. The highest BCUT2D eigenvalue weighted by Gasteiger charge is 2.11. The Kier molecular flexibility index (Phi) is 7.48. The molecule has 0 aliphatic carbocycles. The van der Waals surface area contributed by atoms with Gasteiger partial charge in [-0.05, 0) is 49.7 Å². The Hall–Kier alpha value is -2.05. The SMILES string of the molecule is COc1cc(C(C)=O)ccc1OCCCC(=O)Oc1ccc(Br)cc1Cl. The average Bonchev–Trinajstić information content (AvgIpc) is 2.61. The molecule has 5 nitrogen and oxygen atoms in total. The van der Waals surface area contributed by atoms with Crippen LogP contribution in [0.15, 0.2) is 40.9 Å². The monoisotopic (exact) mass is 440 g/mol. The molecule has 0 fully saturated rings. The normalized spacial score (nSPS) is 10.3. The number of ketones is 1. The minimum atomic E-state index is -0.392. The van der Waals surface area contributed by atoms with Gasteiger partial charge in [0.1, 0.15) is 5.75 Å². The van der Waals surface area contributed by atoms with Gasteiger partial charge in [-0.2, -0.15) is 0 Å². The lowest BCUT2D eigenvalue weighted by Crippen LogP contribution is -2.10. The van der Waals surface area contributed by atoms with Crippen molar-refractivity contribution in [2.45, 2.75) is 19.8 Å². The summed E-state index contributed by atoms with van der Waals surface area (Å²) in [6, 6.07) is 10.0. The van der Waals surface area contributed by atoms with Crippen LogP contribution in [0.1, 0.15) is 30.1 Å². The van der Waals surface area contributed by atoms with Crippen LogP contribution in [0.3, 0.4) is 0 Å². The Bertz CT molecular complexity index is 807. The van der Waals surface area contributed by atoms with Gasteiger partial charge in [0.05, 0.1) is 18.7 Å². The molecule has 2 aromatic carbocycles. The molecule has 2 rings (SSSR count). The van der Waals surface area contributed by atoms with E-state index in [2.05, 4.69) is 15.9 Å². The number of methoxy groups -OCH3 is 1. The van der Waals surface area contributed by atoms with E-state index in [1.54, 1.807) is 36.4 Å². The largest absolute Gasteiger partial charge is 0.493 e. The molecule has 7 heteroatoms. The molecule has 0 aliphatic heterocycles. The Morgan fingerprint density at radius 3 is 2.46 bits per heavy atom. The van der Waals surface area contributed by atoms with Crippen LogP contribution in [0, 0.1) is 0 Å². The molecule has 0 heterocycles. The third kappa shape index (κ3) is 5.75. The summed E-state index contributed by atoms with van der Waals surface area (Å²) in [4.78, 5) is 23.3.